The second-order valence-electron chi connectivity index (χ2n) is 5.38. The fourth-order valence-electron chi connectivity index (χ4n) is 2.10. The van der Waals surface area contributed by atoms with Crippen LogP contribution >= 0.6 is 0 Å². The Bertz CT molecular complexity index is 825. The first-order chi connectivity index (χ1) is 11.5. The molecule has 1 amide bonds. The summed E-state index contributed by atoms with van der Waals surface area (Å²) in [7, 11) is 0. The fourth-order valence-corrected chi connectivity index (χ4v) is 2.10. The summed E-state index contributed by atoms with van der Waals surface area (Å²) < 4.78 is 5.74. The van der Waals surface area contributed by atoms with Crippen LogP contribution in [0.5, 0.6) is 5.75 Å². The van der Waals surface area contributed by atoms with E-state index in [-0.39, 0.29) is 11.5 Å². The lowest BCUT2D eigenvalue weighted by Crippen LogP contribution is -2.15. The van der Waals surface area contributed by atoms with Crippen LogP contribution in [0, 0.1) is 13.8 Å². The van der Waals surface area contributed by atoms with Crippen molar-refractivity contribution in [3.05, 3.63) is 52.5 Å². The molecule has 2 N–H and O–H groups in total. The summed E-state index contributed by atoms with van der Waals surface area (Å²) in [4.78, 5) is 30.8. The zero-order valence-electron chi connectivity index (χ0n) is 14.1. The molecule has 24 heavy (non-hydrogen) atoms. The first kappa shape index (κ1) is 17.5. The third-order valence-corrected chi connectivity index (χ3v) is 3.54. The number of aromatic nitrogens is 2. The molecular formula is C18H21N3O3. The number of anilines is 1. The van der Waals surface area contributed by atoms with Crippen molar-refractivity contribution in [2.24, 2.45) is 0 Å². The van der Waals surface area contributed by atoms with Gasteiger partial charge in [-0.2, -0.15) is 0 Å². The van der Waals surface area contributed by atoms with E-state index in [0.717, 1.165) is 6.42 Å². The summed E-state index contributed by atoms with van der Waals surface area (Å²) in [6.45, 7) is 9.49. The van der Waals surface area contributed by atoms with Crippen LogP contribution in [0.3, 0.4) is 0 Å². The standard InChI is InChI=1S/C18H21N3O3/c1-5-9-24-15-8-7-13(20-16(22)6-2)10-14(15)17-19-12(4)11(3)18(23)21-17/h6-8,10H,2,5,9H2,1,3-4H3,(H,20,22)(H,19,21,23). The number of nitrogens with one attached hydrogen (secondary N) is 2. The van der Waals surface area contributed by atoms with Crippen LogP contribution in [-0.2, 0) is 4.79 Å². The topological polar surface area (TPSA) is 84.1 Å². The Balaban J connectivity index is 2.54. The van der Waals surface area contributed by atoms with E-state index < -0.39 is 0 Å². The van der Waals surface area contributed by atoms with Gasteiger partial charge in [0.1, 0.15) is 11.6 Å². The molecule has 1 aromatic heterocycles. The monoisotopic (exact) mass is 327 g/mol. The van der Waals surface area contributed by atoms with E-state index in [1.54, 1.807) is 32.0 Å². The number of carbonyl (C=O) groups is 1. The smallest absolute Gasteiger partial charge is 0.254 e. The number of benzene rings is 1. The summed E-state index contributed by atoms with van der Waals surface area (Å²) in [5.41, 5.74) is 2.21. The maximum atomic E-state index is 12.0. The highest BCUT2D eigenvalue weighted by Gasteiger charge is 2.13. The Morgan fingerprint density at radius 3 is 2.79 bits per heavy atom. The minimum Gasteiger partial charge on any atom is -0.493 e. The molecule has 0 bridgehead atoms. The van der Waals surface area contributed by atoms with Crippen molar-refractivity contribution in [3.8, 4) is 17.1 Å². The van der Waals surface area contributed by atoms with E-state index in [1.165, 1.54) is 6.08 Å². The van der Waals surface area contributed by atoms with Crippen LogP contribution in [0.4, 0.5) is 5.69 Å². The molecule has 2 aromatic rings. The van der Waals surface area contributed by atoms with Crippen molar-refractivity contribution in [1.29, 1.82) is 0 Å². The molecule has 2 rings (SSSR count). The average molecular weight is 327 g/mol. The summed E-state index contributed by atoms with van der Waals surface area (Å²) in [6.07, 6.45) is 2.04. The Kier molecular flexibility index (Phi) is 5.52. The predicted octanol–water partition coefficient (Wildman–Crippen LogP) is 2.97. The first-order valence-electron chi connectivity index (χ1n) is 7.74. The number of ether oxygens (including phenoxy) is 1. The Labute approximate surface area is 140 Å². The van der Waals surface area contributed by atoms with Gasteiger partial charge in [0.25, 0.3) is 5.56 Å². The van der Waals surface area contributed by atoms with Crippen molar-refractivity contribution >= 4 is 11.6 Å². The zero-order valence-corrected chi connectivity index (χ0v) is 14.1. The second kappa shape index (κ2) is 7.59. The molecule has 126 valence electrons. The molecule has 0 atom stereocenters. The number of aromatic amines is 1. The lowest BCUT2D eigenvalue weighted by atomic mass is 10.1. The molecular weight excluding hydrogens is 306 g/mol. The first-order valence-corrected chi connectivity index (χ1v) is 7.74. The summed E-state index contributed by atoms with van der Waals surface area (Å²) in [5.74, 6) is 0.688. The van der Waals surface area contributed by atoms with Gasteiger partial charge in [-0.15, -0.1) is 0 Å². The van der Waals surface area contributed by atoms with E-state index >= 15 is 0 Å². The van der Waals surface area contributed by atoms with Crippen molar-refractivity contribution in [3.63, 3.8) is 0 Å². The van der Waals surface area contributed by atoms with E-state index in [1.807, 2.05) is 6.92 Å². The molecule has 6 heteroatoms. The summed E-state index contributed by atoms with van der Waals surface area (Å²) >= 11 is 0. The van der Waals surface area contributed by atoms with Gasteiger partial charge in [-0.25, -0.2) is 4.98 Å². The van der Waals surface area contributed by atoms with Crippen molar-refractivity contribution in [2.45, 2.75) is 27.2 Å². The molecule has 1 aromatic carbocycles. The van der Waals surface area contributed by atoms with Gasteiger partial charge in [-0.1, -0.05) is 13.5 Å². The number of aryl methyl sites for hydroxylation is 1. The van der Waals surface area contributed by atoms with Crippen LogP contribution in [0.25, 0.3) is 11.4 Å². The molecule has 0 radical (unpaired) electrons. The molecule has 0 aliphatic heterocycles. The predicted molar refractivity (Wildman–Crippen MR) is 94.4 cm³/mol. The maximum Gasteiger partial charge on any atom is 0.254 e. The molecule has 0 spiro atoms. The van der Waals surface area contributed by atoms with Gasteiger partial charge in [0.15, 0.2) is 0 Å². The molecule has 0 fully saturated rings. The van der Waals surface area contributed by atoms with Crippen LogP contribution in [0.2, 0.25) is 0 Å². The fraction of sp³-hybridized carbons (Fsp3) is 0.278. The molecule has 0 unspecified atom stereocenters. The maximum absolute atomic E-state index is 12.0. The normalized spacial score (nSPS) is 10.3. The van der Waals surface area contributed by atoms with Crippen molar-refractivity contribution < 1.29 is 9.53 Å². The Hall–Kier alpha value is -2.89. The number of hydrogen-bond donors (Lipinski definition) is 2. The van der Waals surface area contributed by atoms with Crippen molar-refractivity contribution in [1.82, 2.24) is 9.97 Å². The third-order valence-electron chi connectivity index (χ3n) is 3.54. The highest BCUT2D eigenvalue weighted by molar-refractivity contribution is 5.99. The zero-order chi connectivity index (χ0) is 17.7. The van der Waals surface area contributed by atoms with E-state index in [4.69, 9.17) is 4.74 Å². The minimum absolute atomic E-state index is 0.195. The van der Waals surface area contributed by atoms with Crippen LogP contribution < -0.4 is 15.6 Å². The number of H-pyrrole nitrogens is 1. The van der Waals surface area contributed by atoms with E-state index in [2.05, 4.69) is 21.9 Å². The van der Waals surface area contributed by atoms with Gasteiger partial charge in [0, 0.05) is 16.9 Å². The molecule has 0 saturated carbocycles. The van der Waals surface area contributed by atoms with Crippen LogP contribution in [0.15, 0.2) is 35.6 Å². The lowest BCUT2D eigenvalue weighted by molar-refractivity contribution is -0.111. The Morgan fingerprint density at radius 1 is 1.42 bits per heavy atom. The van der Waals surface area contributed by atoms with Gasteiger partial charge in [-0.3, -0.25) is 9.59 Å². The SMILES string of the molecule is C=CC(=O)Nc1ccc(OCCC)c(-c2nc(C)c(C)c(=O)[nH]2)c1. The van der Waals surface area contributed by atoms with Gasteiger partial charge in [0.2, 0.25) is 5.91 Å². The number of carbonyl (C=O) groups excluding carboxylic acids is 1. The molecule has 0 aliphatic rings. The highest BCUT2D eigenvalue weighted by atomic mass is 16.5. The third kappa shape index (κ3) is 3.90. The molecule has 0 saturated heterocycles. The molecule has 1 heterocycles. The largest absolute Gasteiger partial charge is 0.493 e. The van der Waals surface area contributed by atoms with Gasteiger partial charge >= 0.3 is 0 Å². The summed E-state index contributed by atoms with van der Waals surface area (Å²) in [6, 6.07) is 5.20. The van der Waals surface area contributed by atoms with Gasteiger partial charge < -0.3 is 15.0 Å². The average Bonchev–Trinajstić information content (AvgIpc) is 2.57. The number of nitrogens with zero attached hydrogens (tertiary/aromatic N) is 1. The van der Waals surface area contributed by atoms with Crippen LogP contribution in [0.1, 0.15) is 24.6 Å². The lowest BCUT2D eigenvalue weighted by Gasteiger charge is -2.13. The van der Waals surface area contributed by atoms with Gasteiger partial charge in [0.05, 0.1) is 12.2 Å². The number of rotatable bonds is 6. The number of hydrogen-bond acceptors (Lipinski definition) is 4. The van der Waals surface area contributed by atoms with Gasteiger partial charge in [-0.05, 0) is 44.5 Å². The highest BCUT2D eigenvalue weighted by Crippen LogP contribution is 2.30. The van der Waals surface area contributed by atoms with Crippen molar-refractivity contribution in [2.75, 3.05) is 11.9 Å². The molecule has 0 aliphatic carbocycles. The second-order valence-corrected chi connectivity index (χ2v) is 5.38. The van der Waals surface area contributed by atoms with Crippen LogP contribution in [-0.4, -0.2) is 22.5 Å². The quantitative estimate of drug-likeness (QED) is 0.799. The van der Waals surface area contributed by atoms with E-state index in [9.17, 15) is 9.59 Å². The Morgan fingerprint density at radius 2 is 2.17 bits per heavy atom. The molecule has 6 nitrogen and oxygen atoms in total. The minimum atomic E-state index is -0.315. The summed E-state index contributed by atoms with van der Waals surface area (Å²) in [5, 5.41) is 2.69. The number of amides is 1. The van der Waals surface area contributed by atoms with E-state index in [0.29, 0.717) is 40.7 Å².